The molecule has 1 fully saturated rings. The Balaban J connectivity index is 1.64. The Kier molecular flexibility index (Phi) is 9.33. The molecule has 8 nitrogen and oxygen atoms in total. The van der Waals surface area contributed by atoms with Gasteiger partial charge in [0.2, 0.25) is 10.0 Å². The average Bonchev–Trinajstić information content (AvgIpc) is 3.44. The molecule has 0 spiro atoms. The lowest BCUT2D eigenvalue weighted by Gasteiger charge is -2.37. The molecule has 4 rings (SSSR count). The summed E-state index contributed by atoms with van der Waals surface area (Å²) in [7, 11) is -2.54. The zero-order chi connectivity index (χ0) is 29.0. The maximum absolute atomic E-state index is 14.1. The van der Waals surface area contributed by atoms with Crippen LogP contribution >= 0.6 is 0 Å². The predicted octanol–water partition coefficient (Wildman–Crippen LogP) is 4.44. The van der Waals surface area contributed by atoms with Crippen LogP contribution in [0.1, 0.15) is 45.1 Å². The quantitative estimate of drug-likeness (QED) is 0.514. The zero-order valence-electron chi connectivity index (χ0n) is 22.9. The number of ether oxygens (including phenoxy) is 1. The first-order valence-electron chi connectivity index (χ1n) is 13.4. The van der Waals surface area contributed by atoms with Crippen molar-refractivity contribution in [2.24, 2.45) is 11.8 Å². The predicted molar refractivity (Wildman–Crippen MR) is 147 cm³/mol. The van der Waals surface area contributed by atoms with Crippen molar-refractivity contribution >= 4 is 21.7 Å². The number of halogens is 2. The molecule has 0 aromatic heterocycles. The van der Waals surface area contributed by atoms with E-state index in [4.69, 9.17) is 4.74 Å². The Labute approximate surface area is 234 Å². The molecule has 2 aromatic carbocycles. The molecule has 11 heteroatoms. The highest BCUT2D eigenvalue weighted by molar-refractivity contribution is 7.89. The van der Waals surface area contributed by atoms with E-state index in [2.05, 4.69) is 17.2 Å². The van der Waals surface area contributed by atoms with Crippen LogP contribution in [0.15, 0.2) is 41.3 Å². The van der Waals surface area contributed by atoms with Crippen molar-refractivity contribution < 1.29 is 31.8 Å². The fourth-order valence-corrected chi connectivity index (χ4v) is 6.76. The zero-order valence-corrected chi connectivity index (χ0v) is 23.7. The summed E-state index contributed by atoms with van der Waals surface area (Å²) in [6.45, 7) is 3.09. The number of hydrogen-bond acceptors (Lipinski definition) is 5. The van der Waals surface area contributed by atoms with Gasteiger partial charge in [0.05, 0.1) is 18.8 Å². The summed E-state index contributed by atoms with van der Waals surface area (Å²) in [4.78, 5) is 14.1. The van der Waals surface area contributed by atoms with Crippen molar-refractivity contribution in [2.75, 3.05) is 32.1 Å². The number of hydrogen-bond donors (Lipinski definition) is 2. The number of benzene rings is 2. The molecule has 2 N–H and O–H groups in total. The second kappa shape index (κ2) is 12.5. The van der Waals surface area contributed by atoms with Crippen LogP contribution in [0.25, 0.3) is 0 Å². The minimum atomic E-state index is -4.02. The number of nitrogens with one attached hydrogen (secondary N) is 1. The van der Waals surface area contributed by atoms with Gasteiger partial charge in [-0.1, -0.05) is 31.6 Å². The minimum absolute atomic E-state index is 0.0166. The van der Waals surface area contributed by atoms with Crippen LogP contribution in [-0.2, 0) is 10.0 Å². The molecule has 1 aliphatic carbocycles. The molecule has 0 unspecified atom stereocenters. The Hall–Kier alpha value is -3.20. The molecule has 2 amide bonds. The van der Waals surface area contributed by atoms with Crippen LogP contribution in [0.4, 0.5) is 19.3 Å². The number of sulfonamides is 1. The number of nitrogens with zero attached hydrogens (tertiary/aromatic N) is 2. The monoisotopic (exact) mass is 575 g/mol. The van der Waals surface area contributed by atoms with Crippen molar-refractivity contribution in [3.05, 3.63) is 53.6 Å². The topological polar surface area (TPSA) is 99.2 Å². The molecule has 0 saturated heterocycles. The molecule has 0 bridgehead atoms. The first-order valence-corrected chi connectivity index (χ1v) is 14.9. The van der Waals surface area contributed by atoms with Gasteiger partial charge in [-0.2, -0.15) is 4.31 Å². The van der Waals surface area contributed by atoms with E-state index in [-0.39, 0.29) is 36.0 Å². The van der Waals surface area contributed by atoms with E-state index in [0.717, 1.165) is 43.9 Å². The van der Waals surface area contributed by atoms with Gasteiger partial charge in [-0.3, -0.25) is 0 Å². The molecule has 1 saturated carbocycles. The van der Waals surface area contributed by atoms with Crippen LogP contribution < -0.4 is 10.1 Å². The number of carbonyl (C=O) groups is 1. The lowest BCUT2D eigenvalue weighted by molar-refractivity contribution is 0.0830. The van der Waals surface area contributed by atoms with E-state index in [1.807, 2.05) is 0 Å². The number of rotatable bonds is 5. The van der Waals surface area contributed by atoms with E-state index in [1.54, 1.807) is 26.0 Å². The maximum Gasteiger partial charge on any atom is 0.321 e. The lowest BCUT2D eigenvalue weighted by Crippen LogP contribution is -2.50. The normalized spacial score (nSPS) is 21.6. The van der Waals surface area contributed by atoms with Crippen LogP contribution in [-0.4, -0.2) is 67.7 Å². The van der Waals surface area contributed by atoms with Crippen LogP contribution in [0, 0.1) is 35.3 Å². The van der Waals surface area contributed by atoms with Gasteiger partial charge in [0, 0.05) is 43.1 Å². The molecule has 1 heterocycles. The Morgan fingerprint density at radius 2 is 1.95 bits per heavy atom. The first-order chi connectivity index (χ1) is 19.0. The van der Waals surface area contributed by atoms with Crippen molar-refractivity contribution in [3.63, 3.8) is 0 Å². The van der Waals surface area contributed by atoms with Gasteiger partial charge in [0.25, 0.3) is 0 Å². The minimum Gasteiger partial charge on any atom is -0.487 e. The number of fused-ring (bicyclic) bond motifs is 1. The van der Waals surface area contributed by atoms with Crippen molar-refractivity contribution in [2.45, 2.75) is 56.6 Å². The van der Waals surface area contributed by atoms with Gasteiger partial charge in [0.15, 0.2) is 0 Å². The molecule has 1 aliphatic heterocycles. The lowest BCUT2D eigenvalue weighted by atomic mass is 10.0. The Morgan fingerprint density at radius 3 is 2.65 bits per heavy atom. The summed E-state index contributed by atoms with van der Waals surface area (Å²) < 4.78 is 62.5. The van der Waals surface area contributed by atoms with Crippen LogP contribution in [0.2, 0.25) is 0 Å². The smallest absolute Gasteiger partial charge is 0.321 e. The number of urea groups is 1. The van der Waals surface area contributed by atoms with Gasteiger partial charge in [-0.15, -0.1) is 0 Å². The fourth-order valence-electron chi connectivity index (χ4n) is 4.93. The number of amides is 2. The third-order valence-corrected chi connectivity index (χ3v) is 9.43. The fraction of sp³-hybridized carbons (Fsp3) is 0.483. The summed E-state index contributed by atoms with van der Waals surface area (Å²) in [5.74, 6) is 4.96. The maximum atomic E-state index is 14.1. The second-order valence-corrected chi connectivity index (χ2v) is 12.4. The third-order valence-electron chi connectivity index (χ3n) is 7.41. The molecule has 216 valence electrons. The van der Waals surface area contributed by atoms with Gasteiger partial charge in [-0.05, 0) is 50.1 Å². The molecule has 0 radical (unpaired) electrons. The van der Waals surface area contributed by atoms with Crippen molar-refractivity contribution in [3.8, 4) is 17.6 Å². The molecule has 40 heavy (non-hydrogen) atoms. The number of aliphatic hydroxyl groups is 1. The van der Waals surface area contributed by atoms with Gasteiger partial charge in [0.1, 0.15) is 28.4 Å². The molecule has 3 atom stereocenters. The van der Waals surface area contributed by atoms with E-state index in [9.17, 15) is 27.1 Å². The summed E-state index contributed by atoms with van der Waals surface area (Å²) in [5, 5.41) is 12.2. The highest BCUT2D eigenvalue weighted by atomic mass is 32.2. The van der Waals surface area contributed by atoms with E-state index in [1.165, 1.54) is 22.3 Å². The highest BCUT2D eigenvalue weighted by Crippen LogP contribution is 2.34. The highest BCUT2D eigenvalue weighted by Gasteiger charge is 2.38. The largest absolute Gasteiger partial charge is 0.487 e. The number of anilines is 1. The van der Waals surface area contributed by atoms with E-state index >= 15 is 0 Å². The molecular formula is C29H35F2N3O5S. The van der Waals surface area contributed by atoms with Gasteiger partial charge in [-0.25, -0.2) is 22.0 Å². The number of carbonyl (C=O) groups excluding carboxylic acids is 1. The Morgan fingerprint density at radius 1 is 1.23 bits per heavy atom. The first kappa shape index (κ1) is 29.8. The standard InChI is InChI=1S/C29H35F2N3O5S/c1-19-16-34(20(2)18-35)40(37,38)28-13-10-22(9-8-21-6-4-5-7-21)14-26(28)39-27(19)17-33(3)29(36)32-25-15-23(30)11-12-24(25)31/h10-15,19-21,27,35H,4-7,16-18H2,1-3H3,(H,32,36)/t19-,20+,27-/m0/s1. The molecular weight excluding hydrogens is 540 g/mol. The third kappa shape index (κ3) is 6.74. The summed E-state index contributed by atoms with van der Waals surface area (Å²) in [5.41, 5.74) is 0.315. The summed E-state index contributed by atoms with van der Waals surface area (Å²) >= 11 is 0. The summed E-state index contributed by atoms with van der Waals surface area (Å²) in [6.07, 6.45) is 3.72. The van der Waals surface area contributed by atoms with E-state index < -0.39 is 45.8 Å². The van der Waals surface area contributed by atoms with Crippen LogP contribution in [0.5, 0.6) is 5.75 Å². The average molecular weight is 576 g/mol. The molecule has 2 aromatic rings. The summed E-state index contributed by atoms with van der Waals surface area (Å²) in [6, 6.07) is 6.10. The van der Waals surface area contributed by atoms with E-state index in [0.29, 0.717) is 11.5 Å². The van der Waals surface area contributed by atoms with Gasteiger partial charge < -0.3 is 20.1 Å². The van der Waals surface area contributed by atoms with Crippen molar-refractivity contribution in [1.82, 2.24) is 9.21 Å². The number of likely N-dealkylation sites (N-methyl/N-ethyl adjacent to an activating group) is 1. The van der Waals surface area contributed by atoms with Crippen LogP contribution in [0.3, 0.4) is 0 Å². The number of aliphatic hydroxyl groups excluding tert-OH is 1. The second-order valence-electron chi connectivity index (χ2n) is 10.6. The van der Waals surface area contributed by atoms with Gasteiger partial charge >= 0.3 is 6.03 Å². The Bertz CT molecular complexity index is 1400. The molecule has 2 aliphatic rings. The van der Waals surface area contributed by atoms with Crippen molar-refractivity contribution in [1.29, 1.82) is 0 Å². The SMILES string of the molecule is C[C@H](CO)N1C[C@H](C)[C@H](CN(C)C(=O)Nc2cc(F)ccc2F)Oc2cc(C#CC3CCCC3)ccc2S1(=O)=O.